The van der Waals surface area contributed by atoms with Crippen molar-refractivity contribution >= 4 is 5.76 Å². The van der Waals surface area contributed by atoms with E-state index in [4.69, 9.17) is 14.6 Å². The summed E-state index contributed by atoms with van der Waals surface area (Å²) in [6.07, 6.45) is 0. The monoisotopic (exact) mass is 208 g/mol. The predicted molar refractivity (Wildman–Crippen MR) is 59.3 cm³/mol. The largest absolute Gasteiger partial charge is 0.491 e. The number of benzene rings is 1. The molecule has 0 unspecified atom stereocenters. The molecule has 0 aliphatic rings. The molecule has 0 fully saturated rings. The Bertz CT molecular complexity index is 282. The molecule has 1 aromatic rings. The molecule has 0 amide bonds. The van der Waals surface area contributed by atoms with Crippen LogP contribution in [0, 0.1) is 0 Å². The van der Waals surface area contributed by atoms with E-state index in [1.54, 1.807) is 0 Å². The van der Waals surface area contributed by atoms with Crippen LogP contribution in [0.2, 0.25) is 0 Å². The van der Waals surface area contributed by atoms with Gasteiger partial charge in [0.1, 0.15) is 12.4 Å². The number of hydrogen-bond donors (Lipinski definition) is 1. The molecule has 1 aromatic carbocycles. The normalized spacial score (nSPS) is 9.93. The Morgan fingerprint density at radius 3 is 2.53 bits per heavy atom. The van der Waals surface area contributed by atoms with E-state index < -0.39 is 0 Å². The van der Waals surface area contributed by atoms with Crippen LogP contribution >= 0.6 is 0 Å². The number of ether oxygens (including phenoxy) is 2. The van der Waals surface area contributed by atoms with Crippen LogP contribution in [0.5, 0.6) is 0 Å². The molecule has 0 heterocycles. The van der Waals surface area contributed by atoms with Crippen LogP contribution in [-0.2, 0) is 9.47 Å². The Balaban J connectivity index is 2.20. The van der Waals surface area contributed by atoms with Crippen molar-refractivity contribution in [2.45, 2.75) is 0 Å². The van der Waals surface area contributed by atoms with Crippen LogP contribution in [0.15, 0.2) is 36.9 Å². The van der Waals surface area contributed by atoms with Gasteiger partial charge in [0.25, 0.3) is 0 Å². The van der Waals surface area contributed by atoms with Crippen molar-refractivity contribution in [1.82, 2.24) is 0 Å². The molecule has 3 nitrogen and oxygen atoms in total. The molecule has 1 N–H and O–H groups in total. The van der Waals surface area contributed by atoms with Gasteiger partial charge in [-0.05, 0) is 0 Å². The van der Waals surface area contributed by atoms with Gasteiger partial charge in [-0.3, -0.25) is 0 Å². The van der Waals surface area contributed by atoms with Gasteiger partial charge < -0.3 is 14.6 Å². The summed E-state index contributed by atoms with van der Waals surface area (Å²) in [5.74, 6) is 0.642. The molecule has 0 radical (unpaired) electrons. The summed E-state index contributed by atoms with van der Waals surface area (Å²) in [4.78, 5) is 0. The highest BCUT2D eigenvalue weighted by Crippen LogP contribution is 2.12. The zero-order valence-corrected chi connectivity index (χ0v) is 8.69. The van der Waals surface area contributed by atoms with E-state index in [-0.39, 0.29) is 6.61 Å². The predicted octanol–water partition coefficient (Wildman–Crippen LogP) is 1.68. The standard InChI is InChI=1S/C12H16O3/c1-11(12-5-3-2-4-6-12)15-10-9-14-8-7-13/h2-6,13H,1,7-10H2. The first kappa shape index (κ1) is 11.8. The third-order valence-electron chi connectivity index (χ3n) is 1.84. The molecule has 82 valence electrons. The Morgan fingerprint density at radius 1 is 1.13 bits per heavy atom. The van der Waals surface area contributed by atoms with E-state index in [1.807, 2.05) is 30.3 Å². The van der Waals surface area contributed by atoms with Crippen LogP contribution in [-0.4, -0.2) is 31.5 Å². The molecule has 0 aliphatic carbocycles. The third-order valence-corrected chi connectivity index (χ3v) is 1.84. The van der Waals surface area contributed by atoms with Crippen molar-refractivity contribution in [3.8, 4) is 0 Å². The van der Waals surface area contributed by atoms with Crippen molar-refractivity contribution in [3.63, 3.8) is 0 Å². The van der Waals surface area contributed by atoms with Gasteiger partial charge in [-0.1, -0.05) is 36.9 Å². The summed E-state index contributed by atoms with van der Waals surface area (Å²) in [5, 5.41) is 8.47. The second kappa shape index (κ2) is 7.04. The maximum absolute atomic E-state index is 8.47. The minimum Gasteiger partial charge on any atom is -0.491 e. The third kappa shape index (κ3) is 4.63. The van der Waals surface area contributed by atoms with Crippen molar-refractivity contribution in [2.75, 3.05) is 26.4 Å². The molecule has 0 saturated carbocycles. The van der Waals surface area contributed by atoms with Gasteiger partial charge >= 0.3 is 0 Å². The first-order valence-electron chi connectivity index (χ1n) is 4.90. The lowest BCUT2D eigenvalue weighted by atomic mass is 10.2. The molecule has 0 saturated heterocycles. The quantitative estimate of drug-likeness (QED) is 0.547. The fourth-order valence-electron chi connectivity index (χ4n) is 1.10. The Kier molecular flexibility index (Phi) is 5.51. The topological polar surface area (TPSA) is 38.7 Å². The summed E-state index contributed by atoms with van der Waals surface area (Å²) < 4.78 is 10.4. The molecule has 15 heavy (non-hydrogen) atoms. The molecule has 0 aromatic heterocycles. The zero-order chi connectivity index (χ0) is 10.9. The van der Waals surface area contributed by atoms with Crippen molar-refractivity contribution in [3.05, 3.63) is 42.5 Å². The fourth-order valence-corrected chi connectivity index (χ4v) is 1.10. The van der Waals surface area contributed by atoms with Gasteiger partial charge in [-0.2, -0.15) is 0 Å². The van der Waals surface area contributed by atoms with Crippen LogP contribution < -0.4 is 0 Å². The molecule has 0 aliphatic heterocycles. The first-order chi connectivity index (χ1) is 7.34. The first-order valence-corrected chi connectivity index (χ1v) is 4.90. The van der Waals surface area contributed by atoms with Crippen LogP contribution in [0.25, 0.3) is 5.76 Å². The van der Waals surface area contributed by atoms with Crippen LogP contribution in [0.1, 0.15) is 5.56 Å². The number of aliphatic hydroxyl groups excluding tert-OH is 1. The lowest BCUT2D eigenvalue weighted by molar-refractivity contribution is 0.0645. The second-order valence-corrected chi connectivity index (χ2v) is 2.97. The van der Waals surface area contributed by atoms with E-state index in [0.29, 0.717) is 25.6 Å². The highest BCUT2D eigenvalue weighted by Gasteiger charge is 1.97. The number of aliphatic hydroxyl groups is 1. The Morgan fingerprint density at radius 2 is 1.87 bits per heavy atom. The summed E-state index contributed by atoms with van der Waals surface area (Å²) in [6.45, 7) is 5.12. The van der Waals surface area contributed by atoms with Crippen LogP contribution in [0.4, 0.5) is 0 Å². The van der Waals surface area contributed by atoms with Crippen molar-refractivity contribution in [2.24, 2.45) is 0 Å². The summed E-state index contributed by atoms with van der Waals surface area (Å²) >= 11 is 0. The summed E-state index contributed by atoms with van der Waals surface area (Å²) in [7, 11) is 0. The smallest absolute Gasteiger partial charge is 0.119 e. The average Bonchev–Trinajstić information content (AvgIpc) is 2.30. The van der Waals surface area contributed by atoms with Gasteiger partial charge in [-0.25, -0.2) is 0 Å². The van der Waals surface area contributed by atoms with Gasteiger partial charge in [0, 0.05) is 5.56 Å². The van der Waals surface area contributed by atoms with Gasteiger partial charge in [0.15, 0.2) is 0 Å². The van der Waals surface area contributed by atoms with Gasteiger partial charge in [0.2, 0.25) is 0 Å². The molecule has 1 rings (SSSR count). The highest BCUT2D eigenvalue weighted by atomic mass is 16.5. The highest BCUT2D eigenvalue weighted by molar-refractivity contribution is 5.56. The molecular weight excluding hydrogens is 192 g/mol. The number of rotatable bonds is 7. The van der Waals surface area contributed by atoms with Crippen molar-refractivity contribution in [1.29, 1.82) is 0 Å². The van der Waals surface area contributed by atoms with E-state index >= 15 is 0 Å². The van der Waals surface area contributed by atoms with Gasteiger partial charge in [-0.15, -0.1) is 0 Å². The number of hydrogen-bond acceptors (Lipinski definition) is 3. The maximum Gasteiger partial charge on any atom is 0.119 e. The Labute approximate surface area is 90.0 Å². The Hall–Kier alpha value is -1.32. The molecular formula is C12H16O3. The summed E-state index contributed by atoms with van der Waals surface area (Å²) in [6, 6.07) is 9.70. The van der Waals surface area contributed by atoms with Crippen LogP contribution in [0.3, 0.4) is 0 Å². The van der Waals surface area contributed by atoms with E-state index in [1.165, 1.54) is 0 Å². The summed E-state index contributed by atoms with van der Waals surface area (Å²) in [5.41, 5.74) is 0.972. The van der Waals surface area contributed by atoms with E-state index in [0.717, 1.165) is 5.56 Å². The van der Waals surface area contributed by atoms with E-state index in [9.17, 15) is 0 Å². The molecule has 0 bridgehead atoms. The van der Waals surface area contributed by atoms with E-state index in [2.05, 4.69) is 6.58 Å². The minimum absolute atomic E-state index is 0.0413. The zero-order valence-electron chi connectivity index (χ0n) is 8.69. The minimum atomic E-state index is 0.0413. The lowest BCUT2D eigenvalue weighted by Crippen LogP contribution is -2.06. The molecule has 0 atom stereocenters. The maximum atomic E-state index is 8.47. The molecule has 3 heteroatoms. The molecule has 0 spiro atoms. The van der Waals surface area contributed by atoms with Gasteiger partial charge in [0.05, 0.1) is 19.8 Å². The SMILES string of the molecule is C=C(OCCOCCO)c1ccccc1. The lowest BCUT2D eigenvalue weighted by Gasteiger charge is -2.09. The van der Waals surface area contributed by atoms with Crippen molar-refractivity contribution < 1.29 is 14.6 Å². The average molecular weight is 208 g/mol. The fraction of sp³-hybridized carbons (Fsp3) is 0.333. The second-order valence-electron chi connectivity index (χ2n) is 2.97.